The molecule has 11 nitrogen and oxygen atoms in total. The number of urea groups is 1. The van der Waals surface area contributed by atoms with Gasteiger partial charge in [-0.3, -0.25) is 14.4 Å². The number of nitrogens with one attached hydrogen (secondary N) is 3. The van der Waals surface area contributed by atoms with Gasteiger partial charge in [-0.25, -0.2) is 4.79 Å². The van der Waals surface area contributed by atoms with Crippen LogP contribution in [0.25, 0.3) is 0 Å². The van der Waals surface area contributed by atoms with E-state index in [9.17, 15) is 24.3 Å². The predicted molar refractivity (Wildman–Crippen MR) is 151 cm³/mol. The Labute approximate surface area is 238 Å². The lowest BCUT2D eigenvalue weighted by molar-refractivity contribution is -0.142. The SMILES string of the molecule is CC(C)(C)NC(=O)N[C@H]1CCCCCCCCCC[C@@H](C(O)C(N)=O)NC(=O)[C@@H]2[C@H]3CC(C)(C)OC3CN2C1=O. The monoisotopic (exact) mass is 565 g/mol. The minimum atomic E-state index is -1.53. The summed E-state index contributed by atoms with van der Waals surface area (Å²) in [5.41, 5.74) is 4.49. The van der Waals surface area contributed by atoms with Crippen LogP contribution in [0.2, 0.25) is 0 Å². The summed E-state index contributed by atoms with van der Waals surface area (Å²) in [4.78, 5) is 54.2. The summed E-state index contributed by atoms with van der Waals surface area (Å²) in [5.74, 6) is -1.91. The first-order chi connectivity index (χ1) is 18.7. The molecule has 3 fully saturated rings. The molecule has 0 aromatic heterocycles. The van der Waals surface area contributed by atoms with E-state index in [0.29, 0.717) is 19.3 Å². The summed E-state index contributed by atoms with van der Waals surface area (Å²) in [5, 5.41) is 19.2. The maximum atomic E-state index is 14.1. The van der Waals surface area contributed by atoms with Crippen LogP contribution in [0, 0.1) is 5.92 Å². The number of amides is 5. The number of rotatable bonds is 3. The van der Waals surface area contributed by atoms with E-state index in [-0.39, 0.29) is 24.5 Å². The van der Waals surface area contributed by atoms with Gasteiger partial charge in [-0.05, 0) is 53.9 Å². The molecule has 2 unspecified atom stereocenters. The predicted octanol–water partition coefficient (Wildman–Crippen LogP) is 2.09. The second-order valence-electron chi connectivity index (χ2n) is 13.5. The highest BCUT2D eigenvalue weighted by Gasteiger charge is 2.56. The maximum Gasteiger partial charge on any atom is 0.315 e. The van der Waals surface area contributed by atoms with Gasteiger partial charge < -0.3 is 36.4 Å². The molecule has 11 heteroatoms. The molecule has 5 amide bonds. The lowest BCUT2D eigenvalue weighted by Gasteiger charge is -2.33. The number of nitrogens with two attached hydrogens (primary N) is 1. The van der Waals surface area contributed by atoms with Crippen LogP contribution in [0.15, 0.2) is 0 Å². The zero-order valence-corrected chi connectivity index (χ0v) is 25.0. The first-order valence-electron chi connectivity index (χ1n) is 15.0. The Bertz CT molecular complexity index is 919. The van der Waals surface area contributed by atoms with Crippen molar-refractivity contribution in [2.75, 3.05) is 6.54 Å². The molecule has 3 aliphatic rings. The number of primary amides is 1. The summed E-state index contributed by atoms with van der Waals surface area (Å²) in [6, 6.07) is -2.93. The van der Waals surface area contributed by atoms with E-state index < -0.39 is 53.2 Å². The smallest absolute Gasteiger partial charge is 0.315 e. The second kappa shape index (κ2) is 13.5. The molecule has 0 bridgehead atoms. The van der Waals surface area contributed by atoms with E-state index >= 15 is 0 Å². The summed E-state index contributed by atoms with van der Waals surface area (Å²) < 4.78 is 6.24. The van der Waals surface area contributed by atoms with E-state index in [1.165, 1.54) is 4.90 Å². The van der Waals surface area contributed by atoms with Crippen LogP contribution >= 0.6 is 0 Å². The number of aliphatic hydroxyl groups excluding tert-OH is 1. The highest BCUT2D eigenvalue weighted by Crippen LogP contribution is 2.43. The molecule has 3 aliphatic heterocycles. The standard InChI is InChI=1S/C29H51N5O6/c1-28(2,3)33-27(39)32-20-15-13-11-9-7-6-8-10-12-14-19(23(35)24(30)36)31-25(37)22-18-16-29(4,5)40-21(18)17-34(22)26(20)38/h18-23,35H,6-17H2,1-5H3,(H2,30,36)(H,31,37)(H2,32,33,39)/t18-,19-,20-,21?,22-,23?/m0/s1. The van der Waals surface area contributed by atoms with Crippen molar-refractivity contribution in [1.82, 2.24) is 20.9 Å². The van der Waals surface area contributed by atoms with Gasteiger partial charge in [-0.1, -0.05) is 51.4 Å². The van der Waals surface area contributed by atoms with Crippen LogP contribution < -0.4 is 21.7 Å². The molecule has 228 valence electrons. The number of nitrogens with zero attached hydrogens (tertiary/aromatic N) is 1. The minimum Gasteiger partial charge on any atom is -0.381 e. The Morgan fingerprint density at radius 3 is 2.20 bits per heavy atom. The number of hydrogen-bond donors (Lipinski definition) is 5. The largest absolute Gasteiger partial charge is 0.381 e. The van der Waals surface area contributed by atoms with E-state index in [1.807, 2.05) is 34.6 Å². The quantitative estimate of drug-likeness (QED) is 0.352. The summed E-state index contributed by atoms with van der Waals surface area (Å²) in [6.07, 6.45) is 7.18. The van der Waals surface area contributed by atoms with E-state index in [0.717, 1.165) is 51.4 Å². The van der Waals surface area contributed by atoms with Crippen LogP contribution in [0.1, 0.15) is 105 Å². The van der Waals surface area contributed by atoms with Gasteiger partial charge in [-0.15, -0.1) is 0 Å². The molecule has 0 radical (unpaired) electrons. The van der Waals surface area contributed by atoms with Crippen LogP contribution in [0.3, 0.4) is 0 Å². The zero-order valence-electron chi connectivity index (χ0n) is 25.0. The second-order valence-corrected chi connectivity index (χ2v) is 13.5. The third kappa shape index (κ3) is 8.80. The number of fused-ring (bicyclic) bond motifs is 3. The molecule has 3 heterocycles. The highest BCUT2D eigenvalue weighted by atomic mass is 16.5. The first kappa shape index (κ1) is 32.1. The van der Waals surface area contributed by atoms with Crippen LogP contribution in [0.4, 0.5) is 4.79 Å². The fraction of sp³-hybridized carbons (Fsp3) is 0.862. The third-order valence-electron chi connectivity index (χ3n) is 8.20. The molecule has 6 N–H and O–H groups in total. The molecule has 3 saturated heterocycles. The molecule has 3 rings (SSSR count). The van der Waals surface area contributed by atoms with Crippen LogP contribution in [-0.4, -0.2) is 81.8 Å². The summed E-state index contributed by atoms with van der Waals surface area (Å²) in [7, 11) is 0. The molecule has 0 aromatic rings. The van der Waals surface area contributed by atoms with E-state index in [1.54, 1.807) is 0 Å². The van der Waals surface area contributed by atoms with Crippen molar-refractivity contribution in [3.63, 3.8) is 0 Å². The van der Waals surface area contributed by atoms with Gasteiger partial charge in [0.05, 0.1) is 17.7 Å². The molecule has 0 spiro atoms. The average Bonchev–Trinajstić information content (AvgIpc) is 3.32. The Hall–Kier alpha value is -2.40. The Morgan fingerprint density at radius 2 is 1.62 bits per heavy atom. The molecular formula is C29H51N5O6. The van der Waals surface area contributed by atoms with Crippen molar-refractivity contribution in [1.29, 1.82) is 0 Å². The van der Waals surface area contributed by atoms with Gasteiger partial charge in [-0.2, -0.15) is 0 Å². The van der Waals surface area contributed by atoms with E-state index in [4.69, 9.17) is 10.5 Å². The Kier molecular flexibility index (Phi) is 10.8. The lowest BCUT2D eigenvalue weighted by Crippen LogP contribution is -2.59. The van der Waals surface area contributed by atoms with Gasteiger partial charge in [0.2, 0.25) is 17.7 Å². The van der Waals surface area contributed by atoms with Crippen molar-refractivity contribution in [2.45, 2.75) is 147 Å². The summed E-state index contributed by atoms with van der Waals surface area (Å²) >= 11 is 0. The van der Waals surface area contributed by atoms with Crippen molar-refractivity contribution in [3.05, 3.63) is 0 Å². The first-order valence-corrected chi connectivity index (χ1v) is 15.0. The zero-order chi connectivity index (χ0) is 29.7. The van der Waals surface area contributed by atoms with Crippen molar-refractivity contribution < 1.29 is 29.0 Å². The third-order valence-corrected chi connectivity index (χ3v) is 8.20. The molecule has 0 aliphatic carbocycles. The number of ether oxygens (including phenoxy) is 1. The van der Waals surface area contributed by atoms with Gasteiger partial charge in [0.25, 0.3) is 0 Å². The molecular weight excluding hydrogens is 514 g/mol. The molecule has 6 atom stereocenters. The Morgan fingerprint density at radius 1 is 1.05 bits per heavy atom. The van der Waals surface area contributed by atoms with Gasteiger partial charge in [0.15, 0.2) is 6.10 Å². The normalized spacial score (nSPS) is 31.4. The summed E-state index contributed by atoms with van der Waals surface area (Å²) in [6.45, 7) is 9.77. The average molecular weight is 566 g/mol. The van der Waals surface area contributed by atoms with Gasteiger partial charge >= 0.3 is 6.03 Å². The fourth-order valence-corrected chi connectivity index (χ4v) is 6.37. The number of carbonyl (C=O) groups excluding carboxylic acids is 4. The highest BCUT2D eigenvalue weighted by molar-refractivity contribution is 5.93. The van der Waals surface area contributed by atoms with E-state index in [2.05, 4.69) is 16.0 Å². The minimum absolute atomic E-state index is 0.229. The molecule has 0 aromatic carbocycles. The lowest BCUT2D eigenvalue weighted by atomic mass is 9.89. The van der Waals surface area contributed by atoms with Crippen molar-refractivity contribution in [2.24, 2.45) is 11.7 Å². The molecule has 0 saturated carbocycles. The number of hydrogen-bond acceptors (Lipinski definition) is 6. The van der Waals surface area contributed by atoms with Crippen molar-refractivity contribution >= 4 is 23.8 Å². The molecule has 40 heavy (non-hydrogen) atoms. The fourth-order valence-electron chi connectivity index (χ4n) is 6.37. The van der Waals surface area contributed by atoms with Gasteiger partial charge in [0.1, 0.15) is 12.1 Å². The van der Waals surface area contributed by atoms with Gasteiger partial charge in [0, 0.05) is 18.0 Å². The van der Waals surface area contributed by atoms with Crippen LogP contribution in [0.5, 0.6) is 0 Å². The maximum absolute atomic E-state index is 14.1. The number of carbonyl (C=O) groups is 4. The van der Waals surface area contributed by atoms with Crippen LogP contribution in [-0.2, 0) is 19.1 Å². The topological polar surface area (TPSA) is 163 Å². The van der Waals surface area contributed by atoms with Crippen molar-refractivity contribution in [3.8, 4) is 0 Å². The number of aliphatic hydroxyl groups is 1. The Balaban J connectivity index is 1.91.